The van der Waals surface area contributed by atoms with E-state index in [-0.39, 0.29) is 30.2 Å². The molecule has 0 fully saturated rings. The summed E-state index contributed by atoms with van der Waals surface area (Å²) in [5, 5.41) is 2.28. The van der Waals surface area contributed by atoms with Crippen LogP contribution in [0.4, 0.5) is 0 Å². The van der Waals surface area contributed by atoms with Crippen LogP contribution in [0.15, 0.2) is 39.4 Å². The molecular weight excluding hydrogens is 427 g/mol. The van der Waals surface area contributed by atoms with Crippen molar-refractivity contribution in [2.45, 2.75) is 52.2 Å². The van der Waals surface area contributed by atoms with Crippen molar-refractivity contribution < 1.29 is 21.1 Å². The van der Waals surface area contributed by atoms with Crippen molar-refractivity contribution in [1.82, 2.24) is 0 Å². The van der Waals surface area contributed by atoms with E-state index >= 15 is 0 Å². The molecule has 0 aromatic heterocycles. The Hall–Kier alpha value is 0.171. The van der Waals surface area contributed by atoms with Crippen LogP contribution in [0.1, 0.15) is 32.8 Å². The third-order valence-corrected chi connectivity index (χ3v) is 9.29. The molecule has 2 rings (SSSR count). The first-order valence-electron chi connectivity index (χ1n) is 8.07. The predicted octanol–water partition coefficient (Wildman–Crippen LogP) is 6.92. The Morgan fingerprint density at radius 3 is 2.24 bits per heavy atom. The third-order valence-electron chi connectivity index (χ3n) is 4.05. The van der Waals surface area contributed by atoms with Crippen LogP contribution in [0.3, 0.4) is 0 Å². The van der Waals surface area contributed by atoms with E-state index in [1.807, 2.05) is 12.1 Å². The Morgan fingerprint density at radius 2 is 1.72 bits per heavy atom. The summed E-state index contributed by atoms with van der Waals surface area (Å²) in [5.41, 5.74) is 1.26. The second kappa shape index (κ2) is 9.39. The van der Waals surface area contributed by atoms with Crippen molar-refractivity contribution in [3.63, 3.8) is 0 Å². The molecule has 0 aliphatic heterocycles. The molecule has 0 spiro atoms. The molecule has 1 aliphatic rings. The van der Waals surface area contributed by atoms with Crippen molar-refractivity contribution in [2.24, 2.45) is 0 Å². The molecule has 0 heterocycles. The van der Waals surface area contributed by atoms with Gasteiger partial charge in [-0.3, -0.25) is 0 Å². The Labute approximate surface area is 177 Å². The zero-order valence-electron chi connectivity index (χ0n) is 15.9. The van der Waals surface area contributed by atoms with Crippen LogP contribution in [0.5, 0.6) is 5.75 Å². The van der Waals surface area contributed by atoms with E-state index in [1.165, 1.54) is 9.44 Å². The molecule has 25 heavy (non-hydrogen) atoms. The number of rotatable bonds is 4. The zero-order chi connectivity index (χ0) is 17.4. The third kappa shape index (κ3) is 6.68. The fraction of sp³-hybridized carbons (Fsp3) is 0.421. The first kappa shape index (κ1) is 25.2. The van der Waals surface area contributed by atoms with Gasteiger partial charge in [-0.25, -0.2) is 0 Å². The molecule has 0 atom stereocenters. The van der Waals surface area contributed by atoms with Gasteiger partial charge in [-0.05, 0) is 0 Å². The molecule has 0 saturated heterocycles. The van der Waals surface area contributed by atoms with Crippen LogP contribution >= 0.6 is 36.4 Å². The van der Waals surface area contributed by atoms with Gasteiger partial charge in [0.1, 0.15) is 0 Å². The molecule has 0 unspecified atom stereocenters. The molecule has 1 aromatic carbocycles. The maximum atomic E-state index is 6.34. The Kier molecular flexibility index (Phi) is 9.46. The molecule has 0 bridgehead atoms. The molecule has 1 aliphatic carbocycles. The number of benzene rings is 1. The topological polar surface area (TPSA) is 9.23 Å². The van der Waals surface area contributed by atoms with Crippen LogP contribution in [0, 0.1) is 0 Å². The van der Waals surface area contributed by atoms with Crippen LogP contribution in [0.25, 0.3) is 0 Å². The first-order chi connectivity index (χ1) is 10.5. The Balaban J connectivity index is 0.00000288. The van der Waals surface area contributed by atoms with E-state index in [4.69, 9.17) is 14.9 Å². The van der Waals surface area contributed by atoms with Gasteiger partial charge in [-0.15, -0.1) is 24.8 Å². The average Bonchev–Trinajstić information content (AvgIpc) is 2.85. The fourth-order valence-corrected chi connectivity index (χ4v) is 8.87. The van der Waals surface area contributed by atoms with Crippen molar-refractivity contribution in [3.05, 3.63) is 50.0 Å². The molecule has 1 aromatic rings. The van der Waals surface area contributed by atoms with Gasteiger partial charge in [0.2, 0.25) is 0 Å². The van der Waals surface area contributed by atoms with E-state index in [2.05, 4.69) is 63.4 Å². The maximum absolute atomic E-state index is 6.34. The molecule has 0 radical (unpaired) electrons. The van der Waals surface area contributed by atoms with Crippen LogP contribution < -0.4 is 3.32 Å². The number of halogens is 3. The second-order valence-corrected chi connectivity index (χ2v) is 16.3. The summed E-state index contributed by atoms with van der Waals surface area (Å²) in [5.74, 6) is 0.877. The Bertz CT molecular complexity index is 698. The molecule has 0 amide bonds. The van der Waals surface area contributed by atoms with Crippen molar-refractivity contribution in [3.8, 4) is 5.75 Å². The minimum absolute atomic E-state index is 0. The zero-order valence-corrected chi connectivity index (χ0v) is 20.9. The van der Waals surface area contributed by atoms with Gasteiger partial charge >= 0.3 is 154 Å². The van der Waals surface area contributed by atoms with E-state index in [0.29, 0.717) is 0 Å². The van der Waals surface area contributed by atoms with Gasteiger partial charge in [-0.2, -0.15) is 0 Å². The van der Waals surface area contributed by atoms with Gasteiger partial charge in [-0.1, -0.05) is 0 Å². The summed E-state index contributed by atoms with van der Waals surface area (Å²) in [7, 11) is -1.33. The quantitative estimate of drug-likeness (QED) is 0.448. The van der Waals surface area contributed by atoms with Gasteiger partial charge in [0.25, 0.3) is 0 Å². The van der Waals surface area contributed by atoms with Gasteiger partial charge in [0.05, 0.1) is 0 Å². The summed E-state index contributed by atoms with van der Waals surface area (Å²) in [6.45, 7) is 13.7. The summed E-state index contributed by atoms with van der Waals surface area (Å²) in [6.07, 6.45) is 5.59. The van der Waals surface area contributed by atoms with E-state index in [0.717, 1.165) is 17.2 Å². The van der Waals surface area contributed by atoms with E-state index in [1.54, 1.807) is 5.20 Å². The normalized spacial score (nSPS) is 14.0. The predicted molar refractivity (Wildman–Crippen MR) is 117 cm³/mol. The SMILES string of the molecule is Cl.Cl.[CH2]=[Ti]([O]c1cc(Cl)cc(C(C)(C)C)c1)[C]1=C([Si](C)(C)C)C=CC1. The summed E-state index contributed by atoms with van der Waals surface area (Å²) in [6, 6.07) is 6.08. The first-order valence-corrected chi connectivity index (χ1v) is 14.5. The number of hydrogen-bond donors (Lipinski definition) is 0. The molecule has 140 valence electrons. The standard InChI is InChI=1S/C10H13ClO.C8H13Si.CH2.2ClH.Ti/c1-10(2,3)7-4-8(11)6-9(12)5-7;1-9(2,3)8-6-4-5-7-8;;;;/h4-6,12H,1-3H3;4,6H,5H2,1-3H3;1H2;2*1H;/q;;;;;+1/p-1. The van der Waals surface area contributed by atoms with E-state index in [9.17, 15) is 0 Å². The molecular formula is C19H29Cl3OSiTi. The Morgan fingerprint density at radius 1 is 1.12 bits per heavy atom. The number of hydrogen-bond acceptors (Lipinski definition) is 1. The van der Waals surface area contributed by atoms with Gasteiger partial charge in [0.15, 0.2) is 0 Å². The van der Waals surface area contributed by atoms with Crippen molar-refractivity contribution >= 4 is 49.3 Å². The fourth-order valence-electron chi connectivity index (χ4n) is 2.73. The number of allylic oxidation sites excluding steroid dienone is 4. The summed E-state index contributed by atoms with van der Waals surface area (Å²) < 4.78 is 7.82. The molecule has 0 saturated carbocycles. The van der Waals surface area contributed by atoms with Crippen molar-refractivity contribution in [1.29, 1.82) is 0 Å². The van der Waals surface area contributed by atoms with Crippen LogP contribution in [-0.2, 0) is 23.2 Å². The van der Waals surface area contributed by atoms with E-state index < -0.39 is 25.9 Å². The minimum atomic E-state index is -2.00. The molecule has 1 nitrogen and oxygen atoms in total. The molecule has 0 N–H and O–H groups in total. The second-order valence-electron chi connectivity index (χ2n) is 8.20. The van der Waals surface area contributed by atoms with Gasteiger partial charge < -0.3 is 0 Å². The van der Waals surface area contributed by atoms with Gasteiger partial charge in [0, 0.05) is 0 Å². The summed E-state index contributed by atoms with van der Waals surface area (Å²) in [4.78, 5) is 4.43. The van der Waals surface area contributed by atoms with Crippen molar-refractivity contribution in [2.75, 3.05) is 0 Å². The monoisotopic (exact) mass is 454 g/mol. The molecule has 6 heteroatoms. The summed E-state index contributed by atoms with van der Waals surface area (Å²) >= 11 is 4.31. The van der Waals surface area contributed by atoms with Crippen LogP contribution in [-0.4, -0.2) is 12.9 Å². The van der Waals surface area contributed by atoms with Crippen LogP contribution in [0.2, 0.25) is 24.7 Å². The average molecular weight is 456 g/mol.